The predicted octanol–water partition coefficient (Wildman–Crippen LogP) is 0.626. The molecule has 0 aromatic carbocycles. The molecule has 2 atom stereocenters. The van der Waals surface area contributed by atoms with Crippen molar-refractivity contribution in [3.8, 4) is 6.07 Å². The number of nitrogens with zero attached hydrogens (tertiary/aromatic N) is 4. The maximum Gasteiger partial charge on any atom is 0.330 e. The van der Waals surface area contributed by atoms with Crippen molar-refractivity contribution < 1.29 is 4.39 Å². The molecule has 26 heavy (non-hydrogen) atoms. The molecule has 8 nitrogen and oxygen atoms in total. The molecular weight excluding hydrogens is 339 g/mol. The number of hydrogen-bond acceptors (Lipinski definition) is 6. The number of rotatable bonds is 4. The van der Waals surface area contributed by atoms with Gasteiger partial charge in [0, 0.05) is 25.2 Å². The van der Waals surface area contributed by atoms with E-state index in [0.29, 0.717) is 13.1 Å². The Hall–Kier alpha value is -2.73. The Morgan fingerprint density at radius 1 is 1.42 bits per heavy atom. The summed E-state index contributed by atoms with van der Waals surface area (Å²) < 4.78 is 16.1. The molecule has 2 aromatic heterocycles. The fourth-order valence-electron chi connectivity index (χ4n) is 3.64. The van der Waals surface area contributed by atoms with Crippen molar-refractivity contribution in [1.82, 2.24) is 14.5 Å². The van der Waals surface area contributed by atoms with Crippen LogP contribution in [0.1, 0.15) is 31.7 Å². The van der Waals surface area contributed by atoms with E-state index in [9.17, 15) is 14.0 Å². The first-order valence-electron chi connectivity index (χ1n) is 8.72. The number of fused-ring (bicyclic) bond motifs is 1. The van der Waals surface area contributed by atoms with Crippen molar-refractivity contribution >= 4 is 16.9 Å². The number of aromatic nitrogens is 3. The van der Waals surface area contributed by atoms with E-state index in [4.69, 9.17) is 11.0 Å². The minimum absolute atomic E-state index is 0.00281. The Kier molecular flexibility index (Phi) is 4.00. The SMILES string of the molecule is N#CCC(N)C1CCN(c2nc3c(cc2F)c(=O)[nH]c(=O)n3C2CC2)C1. The Labute approximate surface area is 148 Å². The Balaban J connectivity index is 1.76. The molecular formula is C17H19FN6O2. The number of halogens is 1. The topological polar surface area (TPSA) is 121 Å². The van der Waals surface area contributed by atoms with Crippen LogP contribution in [0.3, 0.4) is 0 Å². The zero-order valence-electron chi connectivity index (χ0n) is 14.1. The van der Waals surface area contributed by atoms with Crippen LogP contribution in [0.15, 0.2) is 15.7 Å². The highest BCUT2D eigenvalue weighted by molar-refractivity contribution is 5.76. The zero-order valence-corrected chi connectivity index (χ0v) is 14.1. The van der Waals surface area contributed by atoms with Crippen LogP contribution in [-0.2, 0) is 0 Å². The molecule has 9 heteroatoms. The van der Waals surface area contributed by atoms with E-state index < -0.39 is 17.1 Å². The number of hydrogen-bond donors (Lipinski definition) is 2. The highest BCUT2D eigenvalue weighted by Gasteiger charge is 2.32. The van der Waals surface area contributed by atoms with Gasteiger partial charge in [-0.2, -0.15) is 5.26 Å². The number of nitrogens with one attached hydrogen (secondary N) is 1. The Morgan fingerprint density at radius 2 is 2.19 bits per heavy atom. The third-order valence-electron chi connectivity index (χ3n) is 5.22. The van der Waals surface area contributed by atoms with Gasteiger partial charge in [-0.3, -0.25) is 14.3 Å². The molecule has 3 heterocycles. The van der Waals surface area contributed by atoms with E-state index in [2.05, 4.69) is 16.0 Å². The molecule has 0 radical (unpaired) electrons. The largest absolute Gasteiger partial charge is 0.354 e. The number of aromatic amines is 1. The molecule has 2 aromatic rings. The molecule has 0 spiro atoms. The maximum atomic E-state index is 14.6. The minimum atomic E-state index is -0.629. The molecule has 1 saturated heterocycles. The zero-order chi connectivity index (χ0) is 18.4. The molecule has 1 aliphatic heterocycles. The van der Waals surface area contributed by atoms with Gasteiger partial charge in [0.05, 0.1) is 17.9 Å². The predicted molar refractivity (Wildman–Crippen MR) is 93.4 cm³/mol. The van der Waals surface area contributed by atoms with E-state index in [0.717, 1.165) is 25.3 Å². The van der Waals surface area contributed by atoms with Crippen molar-refractivity contribution in [3.63, 3.8) is 0 Å². The summed E-state index contributed by atoms with van der Waals surface area (Å²) >= 11 is 0. The number of anilines is 1. The van der Waals surface area contributed by atoms with Crippen LogP contribution in [-0.4, -0.2) is 33.7 Å². The monoisotopic (exact) mass is 358 g/mol. The third-order valence-corrected chi connectivity index (χ3v) is 5.22. The van der Waals surface area contributed by atoms with Crippen LogP contribution in [0.25, 0.3) is 11.0 Å². The second-order valence-electron chi connectivity index (χ2n) is 7.05. The Morgan fingerprint density at radius 3 is 2.88 bits per heavy atom. The van der Waals surface area contributed by atoms with Crippen LogP contribution >= 0.6 is 0 Å². The van der Waals surface area contributed by atoms with E-state index in [1.165, 1.54) is 4.57 Å². The fraction of sp³-hybridized carbons (Fsp3) is 0.529. The average Bonchev–Trinajstić information content (AvgIpc) is 3.30. The molecule has 0 bridgehead atoms. The molecule has 2 aliphatic rings. The average molecular weight is 358 g/mol. The van der Waals surface area contributed by atoms with E-state index in [1.807, 2.05) is 0 Å². The van der Waals surface area contributed by atoms with Crippen LogP contribution in [0, 0.1) is 23.1 Å². The third kappa shape index (κ3) is 2.76. The second kappa shape index (κ2) is 6.21. The molecule has 1 saturated carbocycles. The first-order valence-corrected chi connectivity index (χ1v) is 8.72. The molecule has 2 unspecified atom stereocenters. The summed E-state index contributed by atoms with van der Waals surface area (Å²) in [5.41, 5.74) is 5.10. The lowest BCUT2D eigenvalue weighted by Crippen LogP contribution is -2.33. The van der Waals surface area contributed by atoms with Crippen LogP contribution in [0.5, 0.6) is 0 Å². The van der Waals surface area contributed by atoms with Crippen molar-refractivity contribution in [3.05, 3.63) is 32.7 Å². The smallest absolute Gasteiger partial charge is 0.330 e. The molecule has 2 fully saturated rings. The normalized spacial score (nSPS) is 21.1. The lowest BCUT2D eigenvalue weighted by atomic mass is 9.98. The van der Waals surface area contributed by atoms with Gasteiger partial charge in [-0.05, 0) is 31.2 Å². The van der Waals surface area contributed by atoms with Crippen LogP contribution in [0.2, 0.25) is 0 Å². The van der Waals surface area contributed by atoms with Gasteiger partial charge in [-0.1, -0.05) is 0 Å². The highest BCUT2D eigenvalue weighted by atomic mass is 19.1. The number of H-pyrrole nitrogens is 1. The summed E-state index contributed by atoms with van der Waals surface area (Å²) in [6, 6.07) is 2.95. The maximum absolute atomic E-state index is 14.6. The molecule has 0 amide bonds. The molecule has 3 N–H and O–H groups in total. The van der Waals surface area contributed by atoms with Gasteiger partial charge >= 0.3 is 5.69 Å². The van der Waals surface area contributed by atoms with Crippen molar-refractivity contribution in [2.24, 2.45) is 11.7 Å². The minimum Gasteiger partial charge on any atom is -0.354 e. The number of nitrogens with two attached hydrogens (primary N) is 1. The number of nitriles is 1. The second-order valence-corrected chi connectivity index (χ2v) is 7.05. The van der Waals surface area contributed by atoms with E-state index in [1.54, 1.807) is 4.90 Å². The first-order chi connectivity index (χ1) is 12.5. The van der Waals surface area contributed by atoms with Crippen molar-refractivity contribution in [2.45, 2.75) is 37.8 Å². The van der Waals surface area contributed by atoms with Crippen LogP contribution in [0.4, 0.5) is 10.2 Å². The quantitative estimate of drug-likeness (QED) is 0.827. The summed E-state index contributed by atoms with van der Waals surface area (Å²) in [5.74, 6) is -0.390. The molecule has 4 rings (SSSR count). The summed E-state index contributed by atoms with van der Waals surface area (Å²) in [4.78, 5) is 32.6. The summed E-state index contributed by atoms with van der Waals surface area (Å²) in [5, 5.41) is 8.88. The molecule has 1 aliphatic carbocycles. The number of pyridine rings is 1. The van der Waals surface area contributed by atoms with Gasteiger partial charge in [0.15, 0.2) is 17.3 Å². The summed E-state index contributed by atoms with van der Waals surface area (Å²) in [6.07, 6.45) is 2.67. The van der Waals surface area contributed by atoms with E-state index in [-0.39, 0.29) is 41.3 Å². The van der Waals surface area contributed by atoms with E-state index >= 15 is 0 Å². The molecule has 136 valence electrons. The van der Waals surface area contributed by atoms with Gasteiger partial charge in [0.25, 0.3) is 5.56 Å². The lowest BCUT2D eigenvalue weighted by molar-refractivity contribution is 0.463. The van der Waals surface area contributed by atoms with Crippen molar-refractivity contribution in [1.29, 1.82) is 5.26 Å². The first kappa shape index (κ1) is 16.7. The highest BCUT2D eigenvalue weighted by Crippen LogP contribution is 2.35. The fourth-order valence-corrected chi connectivity index (χ4v) is 3.64. The summed E-state index contributed by atoms with van der Waals surface area (Å²) in [6.45, 7) is 1.06. The van der Waals surface area contributed by atoms with Gasteiger partial charge in [-0.25, -0.2) is 14.2 Å². The van der Waals surface area contributed by atoms with Gasteiger partial charge in [0.2, 0.25) is 0 Å². The van der Waals surface area contributed by atoms with Gasteiger partial charge in [-0.15, -0.1) is 0 Å². The lowest BCUT2D eigenvalue weighted by Gasteiger charge is -2.21. The van der Waals surface area contributed by atoms with Gasteiger partial charge in [0.1, 0.15) is 0 Å². The van der Waals surface area contributed by atoms with Crippen LogP contribution < -0.4 is 21.9 Å². The van der Waals surface area contributed by atoms with Gasteiger partial charge < -0.3 is 10.6 Å². The summed E-state index contributed by atoms with van der Waals surface area (Å²) in [7, 11) is 0. The van der Waals surface area contributed by atoms with Crippen molar-refractivity contribution in [2.75, 3.05) is 18.0 Å². The Bertz CT molecular complexity index is 1020. The standard InChI is InChI=1S/C17H19FN6O2/c18-12-7-11-14(24(10-1-2-10)17(26)22-16(11)25)21-15(12)23-6-4-9(8-23)13(20)3-5-19/h7,9-10,13H,1-4,6,8,20H2,(H,22,25,26).